The molecule has 1 heterocycles. The Balaban J connectivity index is 1.98. The molecule has 0 amide bonds. The third-order valence-corrected chi connectivity index (χ3v) is 2.65. The van der Waals surface area contributed by atoms with Crippen molar-refractivity contribution in [2.45, 2.75) is 6.92 Å². The normalized spacial score (nSPS) is 11.8. The van der Waals surface area contributed by atoms with Gasteiger partial charge in [0.2, 0.25) is 5.78 Å². The number of aromatic nitrogens is 2. The summed E-state index contributed by atoms with van der Waals surface area (Å²) < 4.78 is 1.76. The highest BCUT2D eigenvalue weighted by Crippen LogP contribution is 2.12. The zero-order valence-corrected chi connectivity index (χ0v) is 11.0. The number of rotatable bonds is 5. The van der Waals surface area contributed by atoms with Crippen LogP contribution in [0.2, 0.25) is 0 Å². The van der Waals surface area contributed by atoms with Gasteiger partial charge in [0.05, 0.1) is 5.69 Å². The number of ketones is 1. The number of hydrogen-bond acceptors (Lipinski definition) is 4. The van der Waals surface area contributed by atoms with Crippen LogP contribution in [0, 0.1) is 0 Å². The summed E-state index contributed by atoms with van der Waals surface area (Å²) >= 11 is 0. The van der Waals surface area contributed by atoms with E-state index in [-0.39, 0.29) is 5.76 Å². The first-order chi connectivity index (χ1) is 9.70. The topological polar surface area (TPSA) is 67.2 Å². The molecule has 0 aliphatic heterocycles. The van der Waals surface area contributed by atoms with E-state index in [1.165, 1.54) is 18.4 Å². The average molecular weight is 269 g/mol. The Morgan fingerprint density at radius 3 is 2.70 bits per heavy atom. The van der Waals surface area contributed by atoms with Gasteiger partial charge in [0.15, 0.2) is 5.76 Å². The Labute approximate surface area is 116 Å². The smallest absolute Gasteiger partial charge is 0.221 e. The third kappa shape index (κ3) is 3.35. The zero-order valence-electron chi connectivity index (χ0n) is 11.0. The Morgan fingerprint density at radius 2 is 2.10 bits per heavy atom. The van der Waals surface area contributed by atoms with Gasteiger partial charge in [0, 0.05) is 30.4 Å². The number of carbonyl (C=O) groups is 1. The molecule has 5 nitrogen and oxygen atoms in total. The molecule has 0 aliphatic rings. The molecule has 0 radical (unpaired) electrons. The number of carbonyl (C=O) groups excluding carboxylic acids is 1. The van der Waals surface area contributed by atoms with Crippen molar-refractivity contribution in [1.29, 1.82) is 0 Å². The zero-order chi connectivity index (χ0) is 14.4. The standard InChI is InChI=1S/C15H15N3O2/c1-2-14(19)15(20)8-10-16-12-4-6-13(7-5-12)18-11-3-9-17-18/h2-11,16,19H,1H3/b10-8-,14-2+. The number of allylic oxidation sites excluding steroid dienone is 2. The van der Waals surface area contributed by atoms with E-state index in [2.05, 4.69) is 10.4 Å². The molecule has 102 valence electrons. The lowest BCUT2D eigenvalue weighted by Gasteiger charge is -2.04. The molecule has 0 atom stereocenters. The van der Waals surface area contributed by atoms with E-state index < -0.39 is 5.78 Å². The van der Waals surface area contributed by atoms with Gasteiger partial charge >= 0.3 is 0 Å². The van der Waals surface area contributed by atoms with Gasteiger partial charge < -0.3 is 10.4 Å². The summed E-state index contributed by atoms with van der Waals surface area (Å²) in [6, 6.07) is 9.43. The molecular weight excluding hydrogens is 254 g/mol. The number of anilines is 1. The van der Waals surface area contributed by atoms with E-state index in [0.29, 0.717) is 0 Å². The second-order valence-corrected chi connectivity index (χ2v) is 4.01. The summed E-state index contributed by atoms with van der Waals surface area (Å²) in [5.74, 6) is -0.703. The molecule has 0 fully saturated rings. The molecule has 0 saturated heterocycles. The lowest BCUT2D eigenvalue weighted by atomic mass is 10.2. The number of aliphatic hydroxyl groups is 1. The van der Waals surface area contributed by atoms with Crippen molar-refractivity contribution in [1.82, 2.24) is 9.78 Å². The minimum atomic E-state index is -0.437. The lowest BCUT2D eigenvalue weighted by molar-refractivity contribution is -0.113. The fourth-order valence-electron chi connectivity index (χ4n) is 1.57. The minimum Gasteiger partial charge on any atom is -0.504 e. The monoisotopic (exact) mass is 269 g/mol. The molecule has 20 heavy (non-hydrogen) atoms. The van der Waals surface area contributed by atoms with Crippen LogP contribution >= 0.6 is 0 Å². The van der Waals surface area contributed by atoms with Crippen LogP contribution in [0.15, 0.2) is 66.8 Å². The van der Waals surface area contributed by atoms with E-state index in [1.807, 2.05) is 36.5 Å². The maximum atomic E-state index is 11.3. The molecular formula is C15H15N3O2. The Kier molecular flexibility index (Phi) is 4.34. The highest BCUT2D eigenvalue weighted by atomic mass is 16.3. The van der Waals surface area contributed by atoms with Gasteiger partial charge in [-0.15, -0.1) is 0 Å². The second-order valence-electron chi connectivity index (χ2n) is 4.01. The lowest BCUT2D eigenvalue weighted by Crippen LogP contribution is -1.98. The molecule has 1 aromatic carbocycles. The van der Waals surface area contributed by atoms with Crippen molar-refractivity contribution >= 4 is 11.5 Å². The van der Waals surface area contributed by atoms with Gasteiger partial charge in [0.25, 0.3) is 0 Å². The van der Waals surface area contributed by atoms with Crippen molar-refractivity contribution in [3.05, 3.63) is 66.8 Å². The Hall–Kier alpha value is -2.82. The van der Waals surface area contributed by atoms with Crippen LogP contribution in [0.25, 0.3) is 5.69 Å². The summed E-state index contributed by atoms with van der Waals surface area (Å²) in [4.78, 5) is 11.3. The summed E-state index contributed by atoms with van der Waals surface area (Å²) in [5.41, 5.74) is 1.79. The highest BCUT2D eigenvalue weighted by Gasteiger charge is 2.00. The van der Waals surface area contributed by atoms with Crippen LogP contribution in [0.5, 0.6) is 0 Å². The molecule has 2 N–H and O–H groups in total. The number of nitrogens with zero attached hydrogens (tertiary/aromatic N) is 2. The molecule has 0 aliphatic carbocycles. The predicted molar refractivity (Wildman–Crippen MR) is 77.7 cm³/mol. The van der Waals surface area contributed by atoms with E-state index in [4.69, 9.17) is 0 Å². The van der Waals surface area contributed by atoms with Crippen LogP contribution < -0.4 is 5.32 Å². The van der Waals surface area contributed by atoms with Crippen molar-refractivity contribution in [3.63, 3.8) is 0 Å². The van der Waals surface area contributed by atoms with E-state index in [1.54, 1.807) is 17.8 Å². The fraction of sp³-hybridized carbons (Fsp3) is 0.0667. The van der Waals surface area contributed by atoms with Crippen LogP contribution in [-0.4, -0.2) is 20.7 Å². The van der Waals surface area contributed by atoms with Crippen molar-refractivity contribution in [3.8, 4) is 5.69 Å². The minimum absolute atomic E-state index is 0.267. The van der Waals surface area contributed by atoms with Gasteiger partial charge in [-0.3, -0.25) is 4.79 Å². The number of nitrogens with one attached hydrogen (secondary N) is 1. The van der Waals surface area contributed by atoms with Crippen molar-refractivity contribution < 1.29 is 9.90 Å². The van der Waals surface area contributed by atoms with Crippen molar-refractivity contribution in [2.24, 2.45) is 0 Å². The Morgan fingerprint density at radius 1 is 1.35 bits per heavy atom. The molecule has 5 heteroatoms. The van der Waals surface area contributed by atoms with Gasteiger partial charge in [-0.25, -0.2) is 4.68 Å². The van der Waals surface area contributed by atoms with Crippen molar-refractivity contribution in [2.75, 3.05) is 5.32 Å². The second kappa shape index (κ2) is 6.38. The first-order valence-corrected chi connectivity index (χ1v) is 6.13. The van der Waals surface area contributed by atoms with Gasteiger partial charge in [-0.05, 0) is 43.3 Å². The maximum Gasteiger partial charge on any atom is 0.221 e. The third-order valence-electron chi connectivity index (χ3n) is 2.65. The SMILES string of the molecule is C/C=C(/O)C(=O)/C=C\Nc1ccc(-n2cccn2)cc1. The molecule has 1 aromatic heterocycles. The summed E-state index contributed by atoms with van der Waals surface area (Å²) in [5, 5.41) is 16.3. The van der Waals surface area contributed by atoms with Crippen LogP contribution in [0.3, 0.4) is 0 Å². The van der Waals surface area contributed by atoms with Crippen LogP contribution in [0.4, 0.5) is 5.69 Å². The fourth-order valence-corrected chi connectivity index (χ4v) is 1.57. The molecule has 0 spiro atoms. The van der Waals surface area contributed by atoms with Gasteiger partial charge in [-0.1, -0.05) is 0 Å². The van der Waals surface area contributed by atoms with Crippen LogP contribution in [-0.2, 0) is 4.79 Å². The molecule has 0 saturated carbocycles. The molecule has 2 aromatic rings. The first kappa shape index (κ1) is 13.6. The predicted octanol–water partition coefficient (Wildman–Crippen LogP) is 2.83. The number of aliphatic hydroxyl groups excluding tert-OH is 1. The Bertz CT molecular complexity index is 626. The number of benzene rings is 1. The molecule has 0 bridgehead atoms. The highest BCUT2D eigenvalue weighted by molar-refractivity contribution is 6.02. The van der Waals surface area contributed by atoms with E-state index in [9.17, 15) is 9.90 Å². The average Bonchev–Trinajstić information content (AvgIpc) is 3.01. The molecule has 2 rings (SSSR count). The van der Waals surface area contributed by atoms with Gasteiger partial charge in [0.1, 0.15) is 0 Å². The summed E-state index contributed by atoms with van der Waals surface area (Å²) in [6.45, 7) is 1.60. The van der Waals surface area contributed by atoms with Gasteiger partial charge in [-0.2, -0.15) is 5.10 Å². The van der Waals surface area contributed by atoms with Crippen LogP contribution in [0.1, 0.15) is 6.92 Å². The number of hydrogen-bond donors (Lipinski definition) is 2. The first-order valence-electron chi connectivity index (χ1n) is 6.13. The quantitative estimate of drug-likeness (QED) is 0.647. The summed E-state index contributed by atoms with van der Waals surface area (Å²) in [6.07, 6.45) is 7.70. The van der Waals surface area contributed by atoms with E-state index in [0.717, 1.165) is 11.4 Å². The largest absolute Gasteiger partial charge is 0.504 e. The maximum absolute atomic E-state index is 11.3. The summed E-state index contributed by atoms with van der Waals surface area (Å²) in [7, 11) is 0. The van der Waals surface area contributed by atoms with E-state index >= 15 is 0 Å². The molecule has 0 unspecified atom stereocenters.